The number of hydrogen-bond donors (Lipinski definition) is 0. The van der Waals surface area contributed by atoms with Gasteiger partial charge in [0.05, 0.1) is 12.5 Å². The van der Waals surface area contributed by atoms with Crippen molar-refractivity contribution in [2.75, 3.05) is 6.61 Å². The Bertz CT molecular complexity index is 328. The van der Waals surface area contributed by atoms with E-state index in [4.69, 9.17) is 4.74 Å². The van der Waals surface area contributed by atoms with Crippen molar-refractivity contribution in [3.8, 4) is 5.88 Å². The van der Waals surface area contributed by atoms with E-state index in [0.29, 0.717) is 5.88 Å². The summed E-state index contributed by atoms with van der Waals surface area (Å²) in [6.07, 6.45) is 1.50. The molecular formula is C9H8BrF2NO. The van der Waals surface area contributed by atoms with Crippen molar-refractivity contribution < 1.29 is 13.5 Å². The summed E-state index contributed by atoms with van der Waals surface area (Å²) in [5, 5.41) is 0. The number of hydrogen-bond acceptors (Lipinski definition) is 2. The molecule has 2 rings (SSSR count). The first-order valence-electron chi connectivity index (χ1n) is 4.20. The van der Waals surface area contributed by atoms with Crippen LogP contribution in [0.3, 0.4) is 0 Å². The van der Waals surface area contributed by atoms with Crippen molar-refractivity contribution in [1.29, 1.82) is 0 Å². The summed E-state index contributed by atoms with van der Waals surface area (Å²) in [5.41, 5.74) is 0. The largest absolute Gasteiger partial charge is 0.477 e. The summed E-state index contributed by atoms with van der Waals surface area (Å²) in [6, 6.07) is 3.40. The highest BCUT2D eigenvalue weighted by Crippen LogP contribution is 2.48. The average molecular weight is 264 g/mol. The number of rotatable bonds is 3. The van der Waals surface area contributed by atoms with Crippen LogP contribution in [0.1, 0.15) is 6.42 Å². The SMILES string of the molecule is FC1(F)C[C@H]1COc1ccc(Br)cn1. The van der Waals surface area contributed by atoms with Gasteiger partial charge in [0.15, 0.2) is 0 Å². The second kappa shape index (κ2) is 3.46. The normalized spacial score (nSPS) is 23.2. The van der Waals surface area contributed by atoms with Gasteiger partial charge in [-0.3, -0.25) is 0 Å². The van der Waals surface area contributed by atoms with Crippen LogP contribution in [-0.4, -0.2) is 17.5 Å². The van der Waals surface area contributed by atoms with Crippen molar-refractivity contribution in [1.82, 2.24) is 4.98 Å². The first kappa shape index (κ1) is 9.83. The van der Waals surface area contributed by atoms with E-state index in [1.807, 2.05) is 0 Å². The molecule has 2 nitrogen and oxygen atoms in total. The van der Waals surface area contributed by atoms with E-state index in [0.717, 1.165) is 4.47 Å². The smallest absolute Gasteiger partial charge is 0.255 e. The van der Waals surface area contributed by atoms with Gasteiger partial charge in [0.2, 0.25) is 5.88 Å². The fourth-order valence-electron chi connectivity index (χ4n) is 1.08. The van der Waals surface area contributed by atoms with Crippen LogP contribution in [0.5, 0.6) is 5.88 Å². The number of aromatic nitrogens is 1. The van der Waals surface area contributed by atoms with Gasteiger partial charge in [-0.2, -0.15) is 0 Å². The van der Waals surface area contributed by atoms with Gasteiger partial charge in [-0.15, -0.1) is 0 Å². The van der Waals surface area contributed by atoms with Crippen molar-refractivity contribution in [3.05, 3.63) is 22.8 Å². The fourth-order valence-corrected chi connectivity index (χ4v) is 1.32. The zero-order chi connectivity index (χ0) is 10.2. The number of halogens is 3. The zero-order valence-corrected chi connectivity index (χ0v) is 8.80. The van der Waals surface area contributed by atoms with E-state index in [1.165, 1.54) is 0 Å². The molecule has 1 atom stereocenters. The molecule has 1 heterocycles. The molecule has 0 saturated heterocycles. The van der Waals surface area contributed by atoms with Crippen LogP contribution in [0.25, 0.3) is 0 Å². The van der Waals surface area contributed by atoms with Crippen LogP contribution in [0.15, 0.2) is 22.8 Å². The second-order valence-corrected chi connectivity index (χ2v) is 4.20. The van der Waals surface area contributed by atoms with E-state index >= 15 is 0 Å². The van der Waals surface area contributed by atoms with E-state index in [-0.39, 0.29) is 13.0 Å². The first-order chi connectivity index (χ1) is 6.58. The maximum Gasteiger partial charge on any atom is 0.255 e. The Morgan fingerprint density at radius 3 is 2.79 bits per heavy atom. The van der Waals surface area contributed by atoms with Gasteiger partial charge in [-0.1, -0.05) is 0 Å². The fraction of sp³-hybridized carbons (Fsp3) is 0.444. The molecule has 1 saturated carbocycles. The Labute approximate surface area is 88.4 Å². The Hall–Kier alpha value is -0.710. The highest BCUT2D eigenvalue weighted by Gasteiger charge is 2.57. The molecule has 1 fully saturated rings. The quantitative estimate of drug-likeness (QED) is 0.837. The maximum absolute atomic E-state index is 12.5. The van der Waals surface area contributed by atoms with E-state index in [1.54, 1.807) is 18.3 Å². The molecule has 0 bridgehead atoms. The molecular weight excluding hydrogens is 256 g/mol. The standard InChI is InChI=1S/C9H8BrF2NO/c10-7-1-2-8(13-4-7)14-5-6-3-9(6,11)12/h1-2,4,6H,3,5H2/t6-/m0/s1. The van der Waals surface area contributed by atoms with Crippen LogP contribution in [-0.2, 0) is 0 Å². The lowest BCUT2D eigenvalue weighted by Crippen LogP contribution is -2.06. The molecule has 0 spiro atoms. The Morgan fingerprint density at radius 2 is 2.29 bits per heavy atom. The van der Waals surface area contributed by atoms with E-state index in [2.05, 4.69) is 20.9 Å². The van der Waals surface area contributed by atoms with Crippen molar-refractivity contribution in [2.45, 2.75) is 12.3 Å². The number of alkyl halides is 2. The number of pyridine rings is 1. The Balaban J connectivity index is 1.84. The van der Waals surface area contributed by atoms with E-state index in [9.17, 15) is 8.78 Å². The second-order valence-electron chi connectivity index (χ2n) is 3.29. The molecule has 0 amide bonds. The predicted octanol–water partition coefficient (Wildman–Crippen LogP) is 2.88. The average Bonchev–Trinajstić information content (AvgIpc) is 2.73. The Morgan fingerprint density at radius 1 is 1.57 bits per heavy atom. The molecule has 0 N–H and O–H groups in total. The van der Waals surface area contributed by atoms with Crippen molar-refractivity contribution >= 4 is 15.9 Å². The van der Waals surface area contributed by atoms with Gasteiger partial charge in [0, 0.05) is 23.2 Å². The number of ether oxygens (including phenoxy) is 1. The minimum absolute atomic E-state index is 0.0433. The van der Waals surface area contributed by atoms with Crippen LogP contribution >= 0.6 is 15.9 Å². The molecule has 1 aromatic heterocycles. The third kappa shape index (κ3) is 2.20. The molecule has 0 unspecified atom stereocenters. The number of nitrogens with zero attached hydrogens (tertiary/aromatic N) is 1. The molecule has 0 aromatic carbocycles. The van der Waals surface area contributed by atoms with Crippen LogP contribution in [0.4, 0.5) is 8.78 Å². The molecule has 1 aliphatic carbocycles. The molecule has 1 aliphatic rings. The minimum Gasteiger partial charge on any atom is -0.477 e. The topological polar surface area (TPSA) is 22.1 Å². The maximum atomic E-state index is 12.5. The highest BCUT2D eigenvalue weighted by molar-refractivity contribution is 9.10. The first-order valence-corrected chi connectivity index (χ1v) is 4.99. The highest BCUT2D eigenvalue weighted by atomic mass is 79.9. The molecule has 5 heteroatoms. The van der Waals surface area contributed by atoms with Gasteiger partial charge in [0.25, 0.3) is 5.92 Å². The lowest BCUT2D eigenvalue weighted by molar-refractivity contribution is 0.0849. The van der Waals surface area contributed by atoms with Crippen LogP contribution < -0.4 is 4.74 Å². The summed E-state index contributed by atoms with van der Waals surface area (Å²) < 4.78 is 30.9. The van der Waals surface area contributed by atoms with Gasteiger partial charge >= 0.3 is 0 Å². The van der Waals surface area contributed by atoms with Gasteiger partial charge < -0.3 is 4.74 Å². The summed E-state index contributed by atoms with van der Waals surface area (Å²) in [7, 11) is 0. The molecule has 1 aromatic rings. The monoisotopic (exact) mass is 263 g/mol. The van der Waals surface area contributed by atoms with Crippen LogP contribution in [0, 0.1) is 5.92 Å². The van der Waals surface area contributed by atoms with Crippen molar-refractivity contribution in [3.63, 3.8) is 0 Å². The third-order valence-electron chi connectivity index (χ3n) is 2.09. The summed E-state index contributed by atoms with van der Waals surface area (Å²) in [4.78, 5) is 3.91. The lowest BCUT2D eigenvalue weighted by atomic mass is 10.4. The Kier molecular flexibility index (Phi) is 2.43. The minimum atomic E-state index is -2.52. The molecule has 0 aliphatic heterocycles. The molecule has 0 radical (unpaired) electrons. The van der Waals surface area contributed by atoms with Gasteiger partial charge in [-0.25, -0.2) is 13.8 Å². The van der Waals surface area contributed by atoms with Gasteiger partial charge in [-0.05, 0) is 22.0 Å². The summed E-state index contributed by atoms with van der Waals surface area (Å²) in [5.74, 6) is -2.76. The third-order valence-corrected chi connectivity index (χ3v) is 2.56. The molecule has 14 heavy (non-hydrogen) atoms. The predicted molar refractivity (Wildman–Crippen MR) is 50.5 cm³/mol. The summed E-state index contributed by atoms with van der Waals surface area (Å²) >= 11 is 3.22. The summed E-state index contributed by atoms with van der Waals surface area (Å²) in [6.45, 7) is 0.0433. The lowest BCUT2D eigenvalue weighted by Gasteiger charge is -2.03. The molecule has 76 valence electrons. The van der Waals surface area contributed by atoms with E-state index < -0.39 is 11.8 Å². The van der Waals surface area contributed by atoms with Gasteiger partial charge in [0.1, 0.15) is 0 Å². The van der Waals surface area contributed by atoms with Crippen molar-refractivity contribution in [2.24, 2.45) is 5.92 Å². The van der Waals surface area contributed by atoms with Crippen LogP contribution in [0.2, 0.25) is 0 Å². The zero-order valence-electron chi connectivity index (χ0n) is 7.21.